The number of carbonyl (C=O) groups is 1. The summed E-state index contributed by atoms with van der Waals surface area (Å²) in [6.07, 6.45) is 5.78. The minimum atomic E-state index is -0.164. The molecule has 0 aromatic carbocycles. The van der Waals surface area contributed by atoms with Crippen molar-refractivity contribution in [3.8, 4) is 0 Å². The van der Waals surface area contributed by atoms with Crippen LogP contribution in [0.5, 0.6) is 0 Å². The summed E-state index contributed by atoms with van der Waals surface area (Å²) in [5.41, 5.74) is 0. The summed E-state index contributed by atoms with van der Waals surface area (Å²) in [5.74, 6) is 0.412. The molecule has 2 rings (SSSR count). The summed E-state index contributed by atoms with van der Waals surface area (Å²) >= 11 is 5.67. The second kappa shape index (κ2) is 4.39. The maximum atomic E-state index is 11.5. The number of amides is 1. The molecule has 4 heteroatoms. The number of rotatable bonds is 2. The molecule has 0 aromatic heterocycles. The Labute approximate surface area is 89.4 Å². The van der Waals surface area contributed by atoms with Crippen molar-refractivity contribution in [3.05, 3.63) is 0 Å². The van der Waals surface area contributed by atoms with Crippen molar-refractivity contribution in [2.24, 2.45) is 0 Å². The first-order chi connectivity index (χ1) is 6.81. The van der Waals surface area contributed by atoms with Crippen LogP contribution in [0.1, 0.15) is 32.1 Å². The van der Waals surface area contributed by atoms with E-state index in [-0.39, 0.29) is 12.2 Å². The Morgan fingerprint density at radius 3 is 2.64 bits per heavy atom. The van der Waals surface area contributed by atoms with Gasteiger partial charge in [-0.3, -0.25) is 0 Å². The Hall–Kier alpha value is -0.440. The highest BCUT2D eigenvalue weighted by Gasteiger charge is 2.35. The average Bonchev–Trinajstić information content (AvgIpc) is 2.61. The van der Waals surface area contributed by atoms with E-state index in [1.165, 1.54) is 19.3 Å². The van der Waals surface area contributed by atoms with Crippen molar-refractivity contribution in [1.82, 2.24) is 4.90 Å². The summed E-state index contributed by atoms with van der Waals surface area (Å²) in [5, 5.41) is 0. The van der Waals surface area contributed by atoms with Crippen LogP contribution in [-0.2, 0) is 4.74 Å². The number of ether oxygens (including phenoxy) is 1. The molecule has 1 amide bonds. The van der Waals surface area contributed by atoms with Gasteiger partial charge in [-0.15, -0.1) is 11.6 Å². The van der Waals surface area contributed by atoms with E-state index in [1.807, 2.05) is 4.90 Å². The lowest BCUT2D eigenvalue weighted by Crippen LogP contribution is -2.37. The highest BCUT2D eigenvalue weighted by Crippen LogP contribution is 2.26. The smallest absolute Gasteiger partial charge is 0.410 e. The van der Waals surface area contributed by atoms with Gasteiger partial charge in [-0.25, -0.2) is 4.79 Å². The first-order valence-corrected chi connectivity index (χ1v) is 5.88. The Kier molecular flexibility index (Phi) is 3.16. The second-order valence-electron chi connectivity index (χ2n) is 4.10. The third-order valence-electron chi connectivity index (χ3n) is 3.09. The SMILES string of the molecule is O=C1OC(CCl)CN1C1CCCCC1. The number of hydrogen-bond acceptors (Lipinski definition) is 2. The van der Waals surface area contributed by atoms with Crippen LogP contribution >= 0.6 is 11.6 Å². The fraction of sp³-hybridized carbons (Fsp3) is 0.900. The van der Waals surface area contributed by atoms with Gasteiger partial charge in [-0.1, -0.05) is 19.3 Å². The molecule has 2 aliphatic rings. The molecule has 1 aliphatic heterocycles. The van der Waals surface area contributed by atoms with Gasteiger partial charge in [0.2, 0.25) is 0 Å². The van der Waals surface area contributed by atoms with Crippen LogP contribution in [0, 0.1) is 0 Å². The Balaban J connectivity index is 1.93. The zero-order chi connectivity index (χ0) is 9.97. The van der Waals surface area contributed by atoms with Gasteiger partial charge in [0, 0.05) is 6.04 Å². The van der Waals surface area contributed by atoms with Crippen LogP contribution in [0.25, 0.3) is 0 Å². The number of hydrogen-bond donors (Lipinski definition) is 0. The van der Waals surface area contributed by atoms with E-state index in [0.29, 0.717) is 18.5 Å². The molecule has 1 heterocycles. The van der Waals surface area contributed by atoms with Crippen molar-refractivity contribution >= 4 is 17.7 Å². The topological polar surface area (TPSA) is 29.5 Å². The van der Waals surface area contributed by atoms with Gasteiger partial charge in [0.1, 0.15) is 6.10 Å². The molecule has 2 fully saturated rings. The van der Waals surface area contributed by atoms with E-state index >= 15 is 0 Å². The lowest BCUT2D eigenvalue weighted by molar-refractivity contribution is 0.128. The molecule has 0 radical (unpaired) electrons. The van der Waals surface area contributed by atoms with Crippen LogP contribution < -0.4 is 0 Å². The monoisotopic (exact) mass is 217 g/mol. The van der Waals surface area contributed by atoms with E-state index in [4.69, 9.17) is 16.3 Å². The molecule has 3 nitrogen and oxygen atoms in total. The molecule has 0 aromatic rings. The average molecular weight is 218 g/mol. The van der Waals surface area contributed by atoms with Crippen molar-refractivity contribution in [2.75, 3.05) is 12.4 Å². The van der Waals surface area contributed by atoms with Crippen LogP contribution in [0.2, 0.25) is 0 Å². The summed E-state index contributed by atoms with van der Waals surface area (Å²) in [6, 6.07) is 0.407. The third kappa shape index (κ3) is 1.97. The highest BCUT2D eigenvalue weighted by molar-refractivity contribution is 6.18. The molecule has 0 spiro atoms. The second-order valence-corrected chi connectivity index (χ2v) is 4.41. The molecule has 0 N–H and O–H groups in total. The van der Waals surface area contributed by atoms with E-state index in [0.717, 1.165) is 12.8 Å². The molecule has 1 atom stereocenters. The van der Waals surface area contributed by atoms with Gasteiger partial charge in [-0.2, -0.15) is 0 Å². The minimum absolute atomic E-state index is 0.0916. The van der Waals surface area contributed by atoms with Gasteiger partial charge < -0.3 is 9.64 Å². The third-order valence-corrected chi connectivity index (χ3v) is 3.43. The molecule has 1 aliphatic carbocycles. The first kappa shape index (κ1) is 10.1. The minimum Gasteiger partial charge on any atom is -0.443 e. The van der Waals surface area contributed by atoms with Crippen LogP contribution in [0.3, 0.4) is 0 Å². The predicted molar refractivity (Wildman–Crippen MR) is 54.6 cm³/mol. The van der Waals surface area contributed by atoms with Crippen LogP contribution in [0.4, 0.5) is 4.79 Å². The van der Waals surface area contributed by atoms with Crippen molar-refractivity contribution in [2.45, 2.75) is 44.2 Å². The zero-order valence-electron chi connectivity index (χ0n) is 8.25. The highest BCUT2D eigenvalue weighted by atomic mass is 35.5. The number of halogens is 1. The maximum absolute atomic E-state index is 11.5. The van der Waals surface area contributed by atoms with E-state index < -0.39 is 0 Å². The predicted octanol–water partition coefficient (Wildman–Crippen LogP) is 2.38. The number of nitrogens with zero attached hydrogens (tertiary/aromatic N) is 1. The van der Waals surface area contributed by atoms with E-state index in [1.54, 1.807) is 0 Å². The van der Waals surface area contributed by atoms with Gasteiger partial charge >= 0.3 is 6.09 Å². The maximum Gasteiger partial charge on any atom is 0.410 e. The van der Waals surface area contributed by atoms with Crippen molar-refractivity contribution in [3.63, 3.8) is 0 Å². The number of alkyl halides is 1. The van der Waals surface area contributed by atoms with Gasteiger partial charge in [0.25, 0.3) is 0 Å². The standard InChI is InChI=1S/C10H16ClNO2/c11-6-9-7-12(10(13)14-9)8-4-2-1-3-5-8/h8-9H,1-7H2. The molecular formula is C10H16ClNO2. The lowest BCUT2D eigenvalue weighted by atomic mass is 9.94. The molecule has 1 saturated carbocycles. The Morgan fingerprint density at radius 1 is 1.36 bits per heavy atom. The normalized spacial score (nSPS) is 29.4. The van der Waals surface area contributed by atoms with Gasteiger partial charge in [-0.05, 0) is 12.8 Å². The molecule has 1 unspecified atom stereocenters. The van der Waals surface area contributed by atoms with Crippen LogP contribution in [-0.4, -0.2) is 35.6 Å². The quantitative estimate of drug-likeness (QED) is 0.665. The molecule has 14 heavy (non-hydrogen) atoms. The largest absolute Gasteiger partial charge is 0.443 e. The van der Waals surface area contributed by atoms with Crippen LogP contribution in [0.15, 0.2) is 0 Å². The summed E-state index contributed by atoms with van der Waals surface area (Å²) in [6.45, 7) is 0.688. The Bertz CT molecular complexity index is 216. The molecule has 80 valence electrons. The zero-order valence-corrected chi connectivity index (χ0v) is 9.00. The molecule has 0 bridgehead atoms. The summed E-state index contributed by atoms with van der Waals surface area (Å²) in [7, 11) is 0. The fourth-order valence-corrected chi connectivity index (χ4v) is 2.47. The van der Waals surface area contributed by atoms with Gasteiger partial charge in [0.05, 0.1) is 12.4 Å². The fourth-order valence-electron chi connectivity index (χ4n) is 2.31. The molecular weight excluding hydrogens is 202 g/mol. The number of carbonyl (C=O) groups excluding carboxylic acids is 1. The van der Waals surface area contributed by atoms with Crippen molar-refractivity contribution < 1.29 is 9.53 Å². The number of cyclic esters (lactones) is 1. The van der Waals surface area contributed by atoms with E-state index in [9.17, 15) is 4.79 Å². The summed E-state index contributed by atoms with van der Waals surface area (Å²) < 4.78 is 5.13. The van der Waals surface area contributed by atoms with Gasteiger partial charge in [0.15, 0.2) is 0 Å². The molecule has 1 saturated heterocycles. The summed E-state index contributed by atoms with van der Waals surface area (Å²) in [4.78, 5) is 13.4. The van der Waals surface area contributed by atoms with E-state index in [2.05, 4.69) is 0 Å². The first-order valence-electron chi connectivity index (χ1n) is 5.34. The Morgan fingerprint density at radius 2 is 2.07 bits per heavy atom. The lowest BCUT2D eigenvalue weighted by Gasteiger charge is -2.28. The van der Waals surface area contributed by atoms with Crippen molar-refractivity contribution in [1.29, 1.82) is 0 Å².